The summed E-state index contributed by atoms with van der Waals surface area (Å²) in [6, 6.07) is 25.0. The molecule has 0 aliphatic heterocycles. The van der Waals surface area contributed by atoms with E-state index in [1.165, 1.54) is 11.3 Å². The third kappa shape index (κ3) is 3.09. The van der Waals surface area contributed by atoms with Crippen LogP contribution in [0.2, 0.25) is 0 Å². The number of hydrogen-bond donors (Lipinski definition) is 1. The summed E-state index contributed by atoms with van der Waals surface area (Å²) < 4.78 is 1.67. The Labute approximate surface area is 170 Å². The number of para-hydroxylation sites is 1. The van der Waals surface area contributed by atoms with E-state index in [0.29, 0.717) is 21.9 Å². The first-order chi connectivity index (χ1) is 14.2. The van der Waals surface area contributed by atoms with Gasteiger partial charge in [-0.15, -0.1) is 0 Å². The van der Waals surface area contributed by atoms with Gasteiger partial charge in [-0.1, -0.05) is 65.9 Å². The lowest BCUT2D eigenvalue weighted by molar-refractivity contribution is 0.976. The van der Waals surface area contributed by atoms with Gasteiger partial charge in [0, 0.05) is 11.8 Å². The maximum atomic E-state index is 13.4. The van der Waals surface area contributed by atoms with Crippen LogP contribution in [-0.4, -0.2) is 14.5 Å². The van der Waals surface area contributed by atoms with Gasteiger partial charge in [0.15, 0.2) is 5.13 Å². The molecule has 5 nitrogen and oxygen atoms in total. The van der Waals surface area contributed by atoms with Crippen LogP contribution < -0.4 is 11.3 Å². The average molecular weight is 396 g/mol. The second kappa shape index (κ2) is 7.00. The van der Waals surface area contributed by atoms with E-state index in [1.54, 1.807) is 10.8 Å². The first kappa shape index (κ1) is 17.3. The van der Waals surface area contributed by atoms with E-state index in [9.17, 15) is 4.79 Å². The average Bonchev–Trinajstić information content (AvgIpc) is 3.21. The molecule has 5 rings (SSSR count). The van der Waals surface area contributed by atoms with Crippen LogP contribution in [0.4, 0.5) is 5.13 Å². The fourth-order valence-corrected chi connectivity index (χ4v) is 4.04. The van der Waals surface area contributed by atoms with Crippen molar-refractivity contribution < 1.29 is 0 Å². The zero-order valence-corrected chi connectivity index (χ0v) is 16.1. The van der Waals surface area contributed by atoms with Crippen LogP contribution in [0.3, 0.4) is 0 Å². The third-order valence-electron chi connectivity index (χ3n) is 4.74. The van der Waals surface area contributed by atoms with Crippen molar-refractivity contribution in [2.24, 2.45) is 0 Å². The number of rotatable bonds is 3. The second-order valence-corrected chi connectivity index (χ2v) is 7.63. The molecule has 29 heavy (non-hydrogen) atoms. The van der Waals surface area contributed by atoms with Gasteiger partial charge in [0.05, 0.1) is 21.5 Å². The van der Waals surface area contributed by atoms with Crippen molar-refractivity contribution in [2.75, 3.05) is 5.73 Å². The number of benzene rings is 3. The van der Waals surface area contributed by atoms with Gasteiger partial charge in [-0.25, -0.2) is 9.97 Å². The molecular formula is C23H16N4OS. The Morgan fingerprint density at radius 3 is 2.28 bits per heavy atom. The van der Waals surface area contributed by atoms with Gasteiger partial charge in [-0.2, -0.15) is 0 Å². The van der Waals surface area contributed by atoms with Gasteiger partial charge in [-0.05, 0) is 29.8 Å². The number of thiazole rings is 1. The van der Waals surface area contributed by atoms with Gasteiger partial charge >= 0.3 is 0 Å². The van der Waals surface area contributed by atoms with Crippen molar-refractivity contribution in [3.63, 3.8) is 0 Å². The molecule has 0 bridgehead atoms. The Hall–Kier alpha value is -3.77. The number of nitrogen functional groups attached to an aromatic ring is 1. The lowest BCUT2D eigenvalue weighted by Gasteiger charge is -2.14. The van der Waals surface area contributed by atoms with E-state index in [1.807, 2.05) is 78.9 Å². The molecule has 140 valence electrons. The molecule has 0 saturated heterocycles. The van der Waals surface area contributed by atoms with Crippen molar-refractivity contribution in [3.05, 3.63) is 95.4 Å². The van der Waals surface area contributed by atoms with Gasteiger partial charge in [0.1, 0.15) is 5.82 Å². The van der Waals surface area contributed by atoms with Gasteiger partial charge in [0.2, 0.25) is 0 Å². The van der Waals surface area contributed by atoms with Crippen LogP contribution in [0.15, 0.2) is 89.9 Å². The summed E-state index contributed by atoms with van der Waals surface area (Å²) in [5.74, 6) is 0.615. The fraction of sp³-hybridized carbons (Fsp3) is 0. The van der Waals surface area contributed by atoms with Crippen LogP contribution in [0, 0.1) is 0 Å². The van der Waals surface area contributed by atoms with Crippen molar-refractivity contribution in [2.45, 2.75) is 0 Å². The predicted molar refractivity (Wildman–Crippen MR) is 118 cm³/mol. The van der Waals surface area contributed by atoms with Gasteiger partial charge < -0.3 is 5.73 Å². The summed E-state index contributed by atoms with van der Waals surface area (Å²) in [5, 5.41) is 1.12. The molecular weight excluding hydrogens is 380 g/mol. The molecule has 5 aromatic rings. The van der Waals surface area contributed by atoms with Crippen molar-refractivity contribution >= 4 is 27.4 Å². The minimum Gasteiger partial charge on any atom is -0.375 e. The Morgan fingerprint density at radius 2 is 1.55 bits per heavy atom. The predicted octanol–water partition coefficient (Wildman–Crippen LogP) is 4.76. The SMILES string of the molecule is Nc1ncc(-c2ccc(-n3c(-c4ccccc4)nc4ccccc4c3=O)cc2)s1. The summed E-state index contributed by atoms with van der Waals surface area (Å²) in [4.78, 5) is 23.3. The number of hydrogen-bond acceptors (Lipinski definition) is 5. The van der Waals surface area contributed by atoms with Crippen LogP contribution in [0.5, 0.6) is 0 Å². The van der Waals surface area contributed by atoms with Crippen LogP contribution in [0.1, 0.15) is 0 Å². The standard InChI is InChI=1S/C23H16N4OS/c24-23-25-14-20(29-23)15-10-12-17(13-11-15)27-21(16-6-2-1-3-7-16)26-19-9-5-4-8-18(19)22(27)28/h1-14H,(H2,24,25). The number of aromatic nitrogens is 3. The molecule has 6 heteroatoms. The highest BCUT2D eigenvalue weighted by Gasteiger charge is 2.14. The quantitative estimate of drug-likeness (QED) is 0.477. The lowest BCUT2D eigenvalue weighted by atomic mass is 10.1. The van der Waals surface area contributed by atoms with Crippen LogP contribution in [0.25, 0.3) is 38.4 Å². The monoisotopic (exact) mass is 396 g/mol. The molecule has 0 saturated carbocycles. The van der Waals surface area contributed by atoms with E-state index in [0.717, 1.165) is 21.7 Å². The second-order valence-electron chi connectivity index (χ2n) is 6.57. The minimum absolute atomic E-state index is 0.0933. The zero-order chi connectivity index (χ0) is 19.8. The molecule has 0 unspecified atom stereocenters. The highest BCUT2D eigenvalue weighted by molar-refractivity contribution is 7.18. The third-order valence-corrected chi connectivity index (χ3v) is 5.62. The number of nitrogens with zero attached hydrogens (tertiary/aromatic N) is 3. The Kier molecular flexibility index (Phi) is 4.18. The highest BCUT2D eigenvalue weighted by Crippen LogP contribution is 2.29. The van der Waals surface area contributed by atoms with Gasteiger partial charge in [-0.3, -0.25) is 9.36 Å². The molecule has 0 spiro atoms. The molecule has 0 atom stereocenters. The Balaban J connectivity index is 1.73. The Morgan fingerprint density at radius 1 is 0.828 bits per heavy atom. The molecule has 0 radical (unpaired) electrons. The normalized spacial score (nSPS) is 11.0. The summed E-state index contributed by atoms with van der Waals surface area (Å²) >= 11 is 1.43. The minimum atomic E-state index is -0.0933. The van der Waals surface area contributed by atoms with Gasteiger partial charge in [0.25, 0.3) is 5.56 Å². The maximum Gasteiger partial charge on any atom is 0.266 e. The van der Waals surface area contributed by atoms with Crippen LogP contribution >= 0.6 is 11.3 Å². The first-order valence-corrected chi connectivity index (χ1v) is 9.92. The van der Waals surface area contributed by atoms with E-state index < -0.39 is 0 Å². The number of fused-ring (bicyclic) bond motifs is 1. The van der Waals surface area contributed by atoms with Crippen molar-refractivity contribution in [3.8, 4) is 27.5 Å². The molecule has 2 heterocycles. The molecule has 2 aromatic heterocycles. The van der Waals surface area contributed by atoms with Crippen molar-refractivity contribution in [1.29, 1.82) is 0 Å². The van der Waals surface area contributed by atoms with Crippen molar-refractivity contribution in [1.82, 2.24) is 14.5 Å². The molecule has 3 aromatic carbocycles. The molecule has 0 aliphatic rings. The zero-order valence-electron chi connectivity index (χ0n) is 15.3. The summed E-state index contributed by atoms with van der Waals surface area (Å²) in [6.07, 6.45) is 1.76. The maximum absolute atomic E-state index is 13.4. The fourth-order valence-electron chi connectivity index (χ4n) is 3.35. The largest absolute Gasteiger partial charge is 0.375 e. The topological polar surface area (TPSA) is 73.8 Å². The summed E-state index contributed by atoms with van der Waals surface area (Å²) in [5.41, 5.74) is 8.99. The number of anilines is 1. The summed E-state index contributed by atoms with van der Waals surface area (Å²) in [6.45, 7) is 0. The van der Waals surface area contributed by atoms with E-state index in [4.69, 9.17) is 10.7 Å². The van der Waals surface area contributed by atoms with E-state index in [2.05, 4.69) is 4.98 Å². The number of nitrogens with two attached hydrogens (primary N) is 1. The first-order valence-electron chi connectivity index (χ1n) is 9.10. The molecule has 0 aliphatic carbocycles. The molecule has 0 amide bonds. The molecule has 0 fully saturated rings. The smallest absolute Gasteiger partial charge is 0.266 e. The Bertz CT molecular complexity index is 1370. The lowest BCUT2D eigenvalue weighted by Crippen LogP contribution is -2.21. The van der Waals surface area contributed by atoms with Crippen LogP contribution in [-0.2, 0) is 0 Å². The van der Waals surface area contributed by atoms with E-state index >= 15 is 0 Å². The summed E-state index contributed by atoms with van der Waals surface area (Å²) in [7, 11) is 0. The molecule has 2 N–H and O–H groups in total. The highest BCUT2D eigenvalue weighted by atomic mass is 32.1. The van der Waals surface area contributed by atoms with E-state index in [-0.39, 0.29) is 5.56 Å².